The van der Waals surface area contributed by atoms with Crippen LogP contribution in [0.2, 0.25) is 5.02 Å². The van der Waals surface area contributed by atoms with Crippen LogP contribution in [0.15, 0.2) is 85.5 Å². The predicted octanol–water partition coefficient (Wildman–Crippen LogP) is 7.37. The molecule has 0 unspecified atom stereocenters. The number of nitrogens with zero attached hydrogens (tertiary/aromatic N) is 4. The highest BCUT2D eigenvalue weighted by molar-refractivity contribution is 6.32. The first-order valence-corrected chi connectivity index (χ1v) is 13.4. The molecule has 7 nitrogen and oxygen atoms in total. The number of aromatic nitrogens is 3. The Morgan fingerprint density at radius 2 is 1.64 bits per heavy atom. The van der Waals surface area contributed by atoms with Gasteiger partial charge < -0.3 is 24.1 Å². The summed E-state index contributed by atoms with van der Waals surface area (Å²) in [4.78, 5) is 11.6. The maximum absolute atomic E-state index is 6.50. The van der Waals surface area contributed by atoms with Crippen molar-refractivity contribution in [3.05, 3.63) is 96.0 Å². The molecular weight excluding hydrogens is 616 g/mol. The lowest BCUT2D eigenvalue weighted by Crippen LogP contribution is -2.32. The average Bonchev–Trinajstić information content (AvgIpc) is 3.63. The molecule has 4 heterocycles. The first kappa shape index (κ1) is 33.3. The number of rotatable bonds is 8. The van der Waals surface area contributed by atoms with Gasteiger partial charge in [0, 0.05) is 79.4 Å². The molecule has 5 aromatic rings. The molecule has 0 amide bonds. The second-order valence-electron chi connectivity index (χ2n) is 9.68. The van der Waals surface area contributed by atoms with Crippen molar-refractivity contribution in [1.82, 2.24) is 19.7 Å². The normalized spacial score (nSPS) is 14.1. The van der Waals surface area contributed by atoms with Crippen LogP contribution in [0, 0.1) is 0 Å². The molecule has 2 aromatic carbocycles. The molecule has 1 saturated heterocycles. The smallest absolute Gasteiger partial charge is 0.141 e. The molecule has 222 valence electrons. The molecule has 1 atom stereocenters. The zero-order valence-corrected chi connectivity index (χ0v) is 26.4. The zero-order valence-electron chi connectivity index (χ0n) is 23.2. The molecular formula is C31H33Cl4N5O2. The molecule has 1 N–H and O–H groups in total. The minimum Gasteiger partial charge on any atom is -0.496 e. The highest BCUT2D eigenvalue weighted by atomic mass is 35.5. The summed E-state index contributed by atoms with van der Waals surface area (Å²) in [5, 5.41) is 4.21. The van der Waals surface area contributed by atoms with E-state index >= 15 is 0 Å². The summed E-state index contributed by atoms with van der Waals surface area (Å²) in [6.07, 6.45) is 8.94. The Labute approximate surface area is 269 Å². The van der Waals surface area contributed by atoms with Gasteiger partial charge in [0.15, 0.2) is 0 Å². The largest absolute Gasteiger partial charge is 0.496 e. The van der Waals surface area contributed by atoms with E-state index in [1.165, 1.54) is 11.3 Å². The molecule has 0 saturated carbocycles. The summed E-state index contributed by atoms with van der Waals surface area (Å²) in [6.45, 7) is 2.83. The SMILES string of the molecule is COc1cc(OC)c(-c2ccccc2-c2cn3ccc(N4CC[C@H](NCc5ccncc5)C4)cc3n2)cc1Cl.Cl.Cl.Cl. The highest BCUT2D eigenvalue weighted by Gasteiger charge is 2.23. The third-order valence-electron chi connectivity index (χ3n) is 7.31. The van der Waals surface area contributed by atoms with Crippen molar-refractivity contribution in [3.63, 3.8) is 0 Å². The van der Waals surface area contributed by atoms with E-state index in [1.807, 2.05) is 36.7 Å². The van der Waals surface area contributed by atoms with E-state index in [2.05, 4.69) is 68.4 Å². The molecule has 1 aliphatic rings. The Kier molecular flexibility index (Phi) is 11.7. The quantitative estimate of drug-likeness (QED) is 0.190. The van der Waals surface area contributed by atoms with Crippen molar-refractivity contribution in [2.75, 3.05) is 32.2 Å². The minimum atomic E-state index is 0. The van der Waals surface area contributed by atoms with Gasteiger partial charge in [0.1, 0.15) is 17.1 Å². The van der Waals surface area contributed by atoms with Crippen LogP contribution in [0.25, 0.3) is 28.0 Å². The van der Waals surface area contributed by atoms with Gasteiger partial charge >= 0.3 is 0 Å². The van der Waals surface area contributed by atoms with E-state index in [9.17, 15) is 0 Å². The lowest BCUT2D eigenvalue weighted by atomic mass is 9.97. The number of ether oxygens (including phenoxy) is 2. The van der Waals surface area contributed by atoms with Gasteiger partial charge in [-0.25, -0.2) is 4.98 Å². The topological polar surface area (TPSA) is 63.9 Å². The van der Waals surface area contributed by atoms with Crippen LogP contribution in [-0.4, -0.2) is 47.7 Å². The average molecular weight is 649 g/mol. The van der Waals surface area contributed by atoms with Crippen LogP contribution in [0.4, 0.5) is 5.69 Å². The van der Waals surface area contributed by atoms with Gasteiger partial charge in [0.05, 0.1) is 24.9 Å². The molecule has 0 radical (unpaired) electrons. The van der Waals surface area contributed by atoms with Crippen LogP contribution in [0.5, 0.6) is 11.5 Å². The Morgan fingerprint density at radius 3 is 2.38 bits per heavy atom. The fourth-order valence-electron chi connectivity index (χ4n) is 5.23. The molecule has 1 fully saturated rings. The molecule has 11 heteroatoms. The van der Waals surface area contributed by atoms with E-state index in [4.69, 9.17) is 26.1 Å². The van der Waals surface area contributed by atoms with E-state index in [-0.39, 0.29) is 37.2 Å². The Bertz CT molecular complexity index is 1620. The van der Waals surface area contributed by atoms with E-state index in [1.54, 1.807) is 14.2 Å². The summed E-state index contributed by atoms with van der Waals surface area (Å²) in [5.74, 6) is 1.27. The van der Waals surface area contributed by atoms with Gasteiger partial charge in [-0.1, -0.05) is 35.9 Å². The van der Waals surface area contributed by atoms with E-state index in [0.29, 0.717) is 22.6 Å². The van der Waals surface area contributed by atoms with Crippen molar-refractivity contribution in [2.45, 2.75) is 19.0 Å². The molecule has 42 heavy (non-hydrogen) atoms. The monoisotopic (exact) mass is 647 g/mol. The number of benzene rings is 2. The number of halogens is 4. The van der Waals surface area contributed by atoms with Gasteiger partial charge in [-0.05, 0) is 41.8 Å². The van der Waals surface area contributed by atoms with Crippen molar-refractivity contribution < 1.29 is 9.47 Å². The third-order valence-corrected chi connectivity index (χ3v) is 7.60. The second-order valence-corrected chi connectivity index (χ2v) is 10.1. The fraction of sp³-hybridized carbons (Fsp3) is 0.226. The maximum atomic E-state index is 6.50. The number of imidazole rings is 1. The van der Waals surface area contributed by atoms with Crippen LogP contribution in [-0.2, 0) is 6.54 Å². The molecule has 0 aliphatic carbocycles. The zero-order chi connectivity index (χ0) is 26.8. The number of nitrogens with one attached hydrogen (secondary N) is 1. The Balaban J connectivity index is 0.00000161. The van der Waals surface area contributed by atoms with Crippen LogP contribution in [0.1, 0.15) is 12.0 Å². The first-order valence-electron chi connectivity index (χ1n) is 13.0. The summed E-state index contributed by atoms with van der Waals surface area (Å²) in [6, 6.07) is 20.8. The van der Waals surface area contributed by atoms with Gasteiger partial charge in [0.25, 0.3) is 0 Å². The van der Waals surface area contributed by atoms with Crippen molar-refractivity contribution in [3.8, 4) is 33.9 Å². The molecule has 3 aromatic heterocycles. The predicted molar refractivity (Wildman–Crippen MR) is 178 cm³/mol. The number of hydrogen-bond acceptors (Lipinski definition) is 6. The number of methoxy groups -OCH3 is 2. The van der Waals surface area contributed by atoms with Crippen molar-refractivity contribution in [2.24, 2.45) is 0 Å². The summed E-state index contributed by atoms with van der Waals surface area (Å²) in [5.41, 5.74) is 7.11. The summed E-state index contributed by atoms with van der Waals surface area (Å²) < 4.78 is 13.2. The van der Waals surface area contributed by atoms with Crippen LogP contribution in [0.3, 0.4) is 0 Å². The number of fused-ring (bicyclic) bond motifs is 1. The maximum Gasteiger partial charge on any atom is 0.141 e. The summed E-state index contributed by atoms with van der Waals surface area (Å²) in [7, 11) is 3.25. The van der Waals surface area contributed by atoms with Gasteiger partial charge in [0.2, 0.25) is 0 Å². The minimum absolute atomic E-state index is 0. The van der Waals surface area contributed by atoms with Gasteiger partial charge in [-0.3, -0.25) is 4.98 Å². The van der Waals surface area contributed by atoms with Crippen LogP contribution >= 0.6 is 48.8 Å². The first-order chi connectivity index (χ1) is 19.1. The third kappa shape index (κ3) is 6.88. The van der Waals surface area contributed by atoms with Gasteiger partial charge in [-0.15, -0.1) is 37.2 Å². The molecule has 1 aliphatic heterocycles. The van der Waals surface area contributed by atoms with E-state index < -0.39 is 0 Å². The molecule has 0 spiro atoms. The highest BCUT2D eigenvalue weighted by Crippen LogP contribution is 2.42. The fourth-order valence-corrected chi connectivity index (χ4v) is 5.47. The van der Waals surface area contributed by atoms with Crippen molar-refractivity contribution in [1.29, 1.82) is 0 Å². The van der Waals surface area contributed by atoms with E-state index in [0.717, 1.165) is 54.1 Å². The lowest BCUT2D eigenvalue weighted by Gasteiger charge is -2.19. The lowest BCUT2D eigenvalue weighted by molar-refractivity contribution is 0.395. The number of anilines is 1. The molecule has 0 bridgehead atoms. The van der Waals surface area contributed by atoms with Crippen LogP contribution < -0.4 is 19.7 Å². The number of hydrogen-bond donors (Lipinski definition) is 1. The second kappa shape index (κ2) is 14.8. The van der Waals surface area contributed by atoms with Gasteiger partial charge in [-0.2, -0.15) is 0 Å². The standard InChI is InChI=1S/C31H30ClN5O2.3ClH/c1-38-29-17-30(39-2)27(32)16-26(29)24-5-3-4-6-25(24)28-20-37-14-10-23(15-31(37)35-28)36-13-9-22(19-36)34-18-21-7-11-33-12-8-21;;;/h3-8,10-12,14-17,20,22,34H,9,13,18-19H2,1-2H3;3*1H/t22-;;;/m0.../s1. The Hall–Kier alpha value is -3.20. The Morgan fingerprint density at radius 1 is 0.905 bits per heavy atom. The number of pyridine rings is 2. The van der Waals surface area contributed by atoms with Crippen molar-refractivity contribution >= 4 is 60.2 Å². The summed E-state index contributed by atoms with van der Waals surface area (Å²) >= 11 is 6.50. The molecule has 6 rings (SSSR count).